The molecule has 2 fully saturated rings. The summed E-state index contributed by atoms with van der Waals surface area (Å²) < 4.78 is 0. The molecular weight excluding hydrogens is 256 g/mol. The van der Waals surface area contributed by atoms with Gasteiger partial charge in [0.05, 0.1) is 24.2 Å². The van der Waals surface area contributed by atoms with Gasteiger partial charge in [-0.15, -0.1) is 0 Å². The Labute approximate surface area is 121 Å². The summed E-state index contributed by atoms with van der Waals surface area (Å²) >= 11 is 0. The normalized spacial score (nSPS) is 29.9. The van der Waals surface area contributed by atoms with Crippen molar-refractivity contribution in [3.8, 4) is 0 Å². The fraction of sp³-hybridized carbons (Fsp3) is 0.933. The lowest BCUT2D eigenvalue weighted by Crippen LogP contribution is -2.45. The molecule has 2 aliphatic rings. The molecule has 1 aliphatic heterocycles. The predicted octanol–water partition coefficient (Wildman–Crippen LogP) is 0.597. The standard InChI is InChI=1S/C15H28N2O3/c1-16(2)11-15(20)8-9-17(12-15)13(18)10-14(19)6-4-3-5-7-14/h19-20H,3-12H2,1-2H3. The SMILES string of the molecule is CN(C)CC1(O)CCN(C(=O)CC2(O)CCCCC2)C1. The number of β-amino-alcohol motifs (C(OH)–C–C–N with tert-alkyl or cyclic N) is 1. The van der Waals surface area contributed by atoms with E-state index in [1.165, 1.54) is 0 Å². The zero-order valence-electron chi connectivity index (χ0n) is 12.8. The highest BCUT2D eigenvalue weighted by Crippen LogP contribution is 2.32. The molecule has 1 heterocycles. The van der Waals surface area contributed by atoms with Crippen LogP contribution in [0.25, 0.3) is 0 Å². The van der Waals surface area contributed by atoms with Crippen molar-refractivity contribution < 1.29 is 15.0 Å². The van der Waals surface area contributed by atoms with Gasteiger partial charge in [0.15, 0.2) is 0 Å². The first-order valence-corrected chi connectivity index (χ1v) is 7.69. The van der Waals surface area contributed by atoms with Gasteiger partial charge in [0.1, 0.15) is 0 Å². The van der Waals surface area contributed by atoms with E-state index in [0.29, 0.717) is 26.1 Å². The Hall–Kier alpha value is -0.650. The summed E-state index contributed by atoms with van der Waals surface area (Å²) in [6.45, 7) is 1.56. The van der Waals surface area contributed by atoms with Crippen LogP contribution in [-0.4, -0.2) is 70.9 Å². The molecule has 1 atom stereocenters. The second kappa shape index (κ2) is 6.00. The van der Waals surface area contributed by atoms with Gasteiger partial charge >= 0.3 is 0 Å². The molecule has 0 radical (unpaired) electrons. The van der Waals surface area contributed by atoms with E-state index in [9.17, 15) is 15.0 Å². The Morgan fingerprint density at radius 1 is 1.10 bits per heavy atom. The number of rotatable bonds is 4. The number of nitrogens with zero attached hydrogens (tertiary/aromatic N) is 2. The highest BCUT2D eigenvalue weighted by molar-refractivity contribution is 5.77. The lowest BCUT2D eigenvalue weighted by atomic mass is 9.82. The van der Waals surface area contributed by atoms with Crippen LogP contribution in [0.2, 0.25) is 0 Å². The van der Waals surface area contributed by atoms with Crippen LogP contribution in [0, 0.1) is 0 Å². The topological polar surface area (TPSA) is 64.0 Å². The van der Waals surface area contributed by atoms with Gasteiger partial charge in [0.2, 0.25) is 5.91 Å². The summed E-state index contributed by atoms with van der Waals surface area (Å²) in [5.41, 5.74) is -1.61. The van der Waals surface area contributed by atoms with Gasteiger partial charge in [-0.2, -0.15) is 0 Å². The zero-order valence-corrected chi connectivity index (χ0v) is 12.8. The van der Waals surface area contributed by atoms with E-state index in [0.717, 1.165) is 32.1 Å². The van der Waals surface area contributed by atoms with Gasteiger partial charge in [-0.05, 0) is 33.4 Å². The minimum atomic E-state index is -0.808. The highest BCUT2D eigenvalue weighted by atomic mass is 16.3. The largest absolute Gasteiger partial charge is 0.389 e. The number of amides is 1. The van der Waals surface area contributed by atoms with Crippen molar-refractivity contribution >= 4 is 5.91 Å². The van der Waals surface area contributed by atoms with Crippen molar-refractivity contribution in [2.75, 3.05) is 33.7 Å². The molecule has 0 aromatic rings. The molecule has 2 rings (SSSR count). The van der Waals surface area contributed by atoms with Crippen LogP contribution in [0.15, 0.2) is 0 Å². The third kappa shape index (κ3) is 3.93. The second-order valence-electron chi connectivity index (χ2n) is 6.99. The highest BCUT2D eigenvalue weighted by Gasteiger charge is 2.40. The van der Waals surface area contributed by atoms with Crippen molar-refractivity contribution in [3.63, 3.8) is 0 Å². The quantitative estimate of drug-likeness (QED) is 0.793. The number of hydrogen-bond acceptors (Lipinski definition) is 4. The number of hydrogen-bond donors (Lipinski definition) is 2. The molecule has 0 spiro atoms. The molecule has 116 valence electrons. The van der Waals surface area contributed by atoms with Gasteiger partial charge in [-0.25, -0.2) is 0 Å². The van der Waals surface area contributed by atoms with Gasteiger partial charge in [0.25, 0.3) is 0 Å². The summed E-state index contributed by atoms with van der Waals surface area (Å²) in [5, 5.41) is 20.9. The van der Waals surface area contributed by atoms with E-state index in [2.05, 4.69) is 0 Å². The maximum atomic E-state index is 12.3. The van der Waals surface area contributed by atoms with Crippen molar-refractivity contribution in [3.05, 3.63) is 0 Å². The number of likely N-dealkylation sites (N-methyl/N-ethyl adjacent to an activating group) is 1. The molecule has 5 nitrogen and oxygen atoms in total. The summed E-state index contributed by atoms with van der Waals surface area (Å²) in [4.78, 5) is 16.0. The van der Waals surface area contributed by atoms with Crippen molar-refractivity contribution in [2.45, 2.75) is 56.1 Å². The lowest BCUT2D eigenvalue weighted by molar-refractivity contribution is -0.137. The van der Waals surface area contributed by atoms with E-state index < -0.39 is 11.2 Å². The van der Waals surface area contributed by atoms with Gasteiger partial charge in [-0.3, -0.25) is 4.79 Å². The summed E-state index contributed by atoms with van der Waals surface area (Å²) in [5.74, 6) is -0.0101. The van der Waals surface area contributed by atoms with Gasteiger partial charge < -0.3 is 20.0 Å². The molecule has 0 bridgehead atoms. The Bertz CT molecular complexity index is 353. The van der Waals surface area contributed by atoms with E-state index in [1.54, 1.807) is 4.90 Å². The molecule has 1 saturated carbocycles. The molecular formula is C15H28N2O3. The van der Waals surface area contributed by atoms with Crippen molar-refractivity contribution in [2.24, 2.45) is 0 Å². The third-order valence-corrected chi connectivity index (χ3v) is 4.56. The van der Waals surface area contributed by atoms with Crippen molar-refractivity contribution in [1.29, 1.82) is 0 Å². The Balaban J connectivity index is 1.88. The lowest BCUT2D eigenvalue weighted by Gasteiger charge is -2.33. The van der Waals surface area contributed by atoms with E-state index in [1.807, 2.05) is 19.0 Å². The third-order valence-electron chi connectivity index (χ3n) is 4.56. The van der Waals surface area contributed by atoms with Crippen LogP contribution in [0.1, 0.15) is 44.9 Å². The molecule has 5 heteroatoms. The monoisotopic (exact) mass is 284 g/mol. The first-order chi connectivity index (χ1) is 9.32. The summed E-state index contributed by atoms with van der Waals surface area (Å²) in [6, 6.07) is 0. The molecule has 0 aromatic heterocycles. The van der Waals surface area contributed by atoms with Gasteiger partial charge in [0, 0.05) is 13.1 Å². The number of likely N-dealkylation sites (tertiary alicyclic amines) is 1. The van der Waals surface area contributed by atoms with E-state index in [-0.39, 0.29) is 12.3 Å². The number of carbonyl (C=O) groups excluding carboxylic acids is 1. The summed E-state index contributed by atoms with van der Waals surface area (Å²) in [6.07, 6.45) is 5.47. The van der Waals surface area contributed by atoms with Crippen LogP contribution < -0.4 is 0 Å². The van der Waals surface area contributed by atoms with E-state index in [4.69, 9.17) is 0 Å². The first kappa shape index (κ1) is 15.7. The smallest absolute Gasteiger partial charge is 0.225 e. The Morgan fingerprint density at radius 2 is 1.75 bits per heavy atom. The molecule has 0 aromatic carbocycles. The average molecular weight is 284 g/mol. The molecule has 1 aliphatic carbocycles. The number of aliphatic hydroxyl groups is 2. The van der Waals surface area contributed by atoms with Crippen LogP contribution >= 0.6 is 0 Å². The molecule has 2 N–H and O–H groups in total. The Kier molecular flexibility index (Phi) is 4.72. The van der Waals surface area contributed by atoms with Crippen LogP contribution in [0.4, 0.5) is 0 Å². The van der Waals surface area contributed by atoms with E-state index >= 15 is 0 Å². The maximum absolute atomic E-state index is 12.3. The molecule has 20 heavy (non-hydrogen) atoms. The fourth-order valence-corrected chi connectivity index (χ4v) is 3.57. The molecule has 1 saturated heterocycles. The van der Waals surface area contributed by atoms with Crippen LogP contribution in [-0.2, 0) is 4.79 Å². The molecule has 1 amide bonds. The second-order valence-corrected chi connectivity index (χ2v) is 6.99. The van der Waals surface area contributed by atoms with Crippen molar-refractivity contribution in [1.82, 2.24) is 9.80 Å². The average Bonchev–Trinajstić information content (AvgIpc) is 2.71. The number of carbonyl (C=O) groups is 1. The first-order valence-electron chi connectivity index (χ1n) is 7.69. The van der Waals surface area contributed by atoms with Gasteiger partial charge in [-0.1, -0.05) is 19.3 Å². The fourth-order valence-electron chi connectivity index (χ4n) is 3.57. The molecule has 1 unspecified atom stereocenters. The predicted molar refractivity (Wildman–Crippen MR) is 77.4 cm³/mol. The zero-order chi connectivity index (χ0) is 14.8. The summed E-state index contributed by atoms with van der Waals surface area (Å²) in [7, 11) is 3.85. The maximum Gasteiger partial charge on any atom is 0.225 e. The minimum absolute atomic E-state index is 0.0101. The Morgan fingerprint density at radius 3 is 2.35 bits per heavy atom. The van der Waals surface area contributed by atoms with Crippen LogP contribution in [0.3, 0.4) is 0 Å². The van der Waals surface area contributed by atoms with Crippen LogP contribution in [0.5, 0.6) is 0 Å². The minimum Gasteiger partial charge on any atom is -0.389 e.